The zero-order valence-corrected chi connectivity index (χ0v) is 19.4. The number of aliphatic carboxylic acids is 2. The number of nitro groups is 1. The number of benzene rings is 1. The van der Waals surface area contributed by atoms with E-state index in [1.807, 2.05) is 6.07 Å². The Bertz CT molecular complexity index is 1320. The maximum absolute atomic E-state index is 12.1. The largest absolute Gasteiger partial charge is 0.481 e. The second-order valence-corrected chi connectivity index (χ2v) is 9.20. The van der Waals surface area contributed by atoms with E-state index >= 15 is 0 Å². The third-order valence-corrected chi connectivity index (χ3v) is 5.23. The van der Waals surface area contributed by atoms with Crippen molar-refractivity contribution in [3.8, 4) is 17.7 Å². The summed E-state index contributed by atoms with van der Waals surface area (Å²) in [5.41, 5.74) is -0.320. The number of rotatable bonds is 11. The molecule has 16 heteroatoms. The molecule has 2 aromatic rings. The molecule has 1 atom stereocenters. The highest BCUT2D eigenvalue weighted by Gasteiger charge is 2.32. The van der Waals surface area contributed by atoms with Crippen LogP contribution >= 0.6 is 0 Å². The lowest BCUT2D eigenvalue weighted by Gasteiger charge is -2.17. The van der Waals surface area contributed by atoms with E-state index in [9.17, 15) is 38.5 Å². The summed E-state index contributed by atoms with van der Waals surface area (Å²) in [6, 6.07) is 4.36. The van der Waals surface area contributed by atoms with E-state index in [2.05, 4.69) is 15.3 Å². The van der Waals surface area contributed by atoms with Crippen LogP contribution in [0.25, 0.3) is 0 Å². The Balaban J connectivity index is 2.68. The summed E-state index contributed by atoms with van der Waals surface area (Å²) < 4.78 is 29.7. The van der Waals surface area contributed by atoms with Gasteiger partial charge in [0, 0.05) is 32.8 Å². The maximum Gasteiger partial charge on any atom is 0.373 e. The van der Waals surface area contributed by atoms with Crippen molar-refractivity contribution in [3.63, 3.8) is 0 Å². The van der Waals surface area contributed by atoms with Gasteiger partial charge in [-0.15, -0.1) is 0 Å². The Morgan fingerprint density at radius 3 is 2.46 bits per heavy atom. The number of carboxylic acids is 2. The van der Waals surface area contributed by atoms with Crippen LogP contribution in [-0.2, 0) is 19.4 Å². The van der Waals surface area contributed by atoms with Crippen LogP contribution in [0.3, 0.4) is 0 Å². The van der Waals surface area contributed by atoms with Crippen LogP contribution in [0.4, 0.5) is 17.2 Å². The molecule has 0 radical (unpaired) electrons. The second-order valence-electron chi connectivity index (χ2n) is 7.29. The molecule has 1 aromatic carbocycles. The number of aromatic nitrogens is 2. The van der Waals surface area contributed by atoms with Crippen LogP contribution in [0.15, 0.2) is 23.4 Å². The number of carbonyl (C=O) groups is 2. The predicted octanol–water partition coefficient (Wildman–Crippen LogP) is 1.25. The van der Waals surface area contributed by atoms with E-state index < -0.39 is 68.1 Å². The van der Waals surface area contributed by atoms with Crippen molar-refractivity contribution in [1.82, 2.24) is 9.97 Å². The predicted molar refractivity (Wildman–Crippen MR) is 119 cm³/mol. The topological polar surface area (TPSA) is 226 Å². The number of sulfone groups is 1. The molecule has 0 saturated heterocycles. The minimum atomic E-state index is -4.15. The van der Waals surface area contributed by atoms with Gasteiger partial charge < -0.3 is 25.2 Å². The van der Waals surface area contributed by atoms with E-state index in [0.29, 0.717) is 5.69 Å². The lowest BCUT2D eigenvalue weighted by Crippen LogP contribution is -2.31. The Morgan fingerprint density at radius 1 is 1.31 bits per heavy atom. The molecule has 0 saturated carbocycles. The SMILES string of the molecule is CN(C)c1cc(Oc2nc(S(C)(=O)=O)nc(NC(CCC(=O)O)C(=O)O)c2[N+](=O)[O-])ccc1C#N. The first-order chi connectivity index (χ1) is 16.2. The Hall–Kier alpha value is -4.52. The number of carboxylic acid groups (broad SMARTS) is 2. The average Bonchev–Trinajstić information content (AvgIpc) is 2.74. The number of hydrogen-bond donors (Lipinski definition) is 3. The van der Waals surface area contributed by atoms with E-state index in [4.69, 9.17) is 9.84 Å². The highest BCUT2D eigenvalue weighted by atomic mass is 32.2. The van der Waals surface area contributed by atoms with Gasteiger partial charge in [0.1, 0.15) is 17.9 Å². The standard InChI is InChI=1S/C19H20N6O9S/c1-24(2)13-8-11(5-4-10(13)9-20)34-17-15(25(30)31)16(22-19(23-17)35(3,32)33)21-12(18(28)29)6-7-14(26)27/h4-5,8,12H,6-7H2,1-3H3,(H,26,27)(H,28,29)(H,21,22,23). The van der Waals surface area contributed by atoms with Crippen molar-refractivity contribution < 1.29 is 37.9 Å². The Morgan fingerprint density at radius 2 is 1.97 bits per heavy atom. The summed E-state index contributed by atoms with van der Waals surface area (Å²) in [7, 11) is -0.876. The molecule has 3 N–H and O–H groups in total. The van der Waals surface area contributed by atoms with Crippen LogP contribution in [0.5, 0.6) is 11.6 Å². The molecule has 0 bridgehead atoms. The zero-order valence-electron chi connectivity index (χ0n) is 18.6. The zero-order chi connectivity index (χ0) is 26.5. The molecule has 35 heavy (non-hydrogen) atoms. The van der Waals surface area contributed by atoms with Crippen LogP contribution in [0.1, 0.15) is 18.4 Å². The van der Waals surface area contributed by atoms with Crippen molar-refractivity contribution in [1.29, 1.82) is 5.26 Å². The molecule has 0 amide bonds. The molecule has 0 aliphatic rings. The molecule has 15 nitrogen and oxygen atoms in total. The minimum Gasteiger partial charge on any atom is -0.481 e. The summed E-state index contributed by atoms with van der Waals surface area (Å²) in [6.07, 6.45) is -0.353. The molecule has 2 rings (SSSR count). The van der Waals surface area contributed by atoms with Crippen molar-refractivity contribution in [2.75, 3.05) is 30.6 Å². The van der Waals surface area contributed by atoms with Gasteiger partial charge in [-0.05, 0) is 18.6 Å². The van der Waals surface area contributed by atoms with Gasteiger partial charge in [0.15, 0.2) is 0 Å². The molecule has 1 aromatic heterocycles. The lowest BCUT2D eigenvalue weighted by atomic mass is 10.1. The monoisotopic (exact) mass is 508 g/mol. The molecule has 1 heterocycles. The first-order valence-electron chi connectivity index (χ1n) is 9.61. The van der Waals surface area contributed by atoms with E-state index in [1.165, 1.54) is 18.2 Å². The molecular formula is C19H20N6O9S. The van der Waals surface area contributed by atoms with Gasteiger partial charge in [-0.3, -0.25) is 14.9 Å². The van der Waals surface area contributed by atoms with Crippen molar-refractivity contribution in [2.45, 2.75) is 24.0 Å². The smallest absolute Gasteiger partial charge is 0.373 e. The molecular weight excluding hydrogens is 488 g/mol. The van der Waals surface area contributed by atoms with Gasteiger partial charge in [0.2, 0.25) is 15.7 Å². The quantitative estimate of drug-likeness (QED) is 0.220. The fourth-order valence-corrected chi connectivity index (χ4v) is 3.26. The number of ether oxygens (including phenoxy) is 1. The van der Waals surface area contributed by atoms with Crippen LogP contribution < -0.4 is 15.0 Å². The summed E-state index contributed by atoms with van der Waals surface area (Å²) in [6.45, 7) is 0. The van der Waals surface area contributed by atoms with E-state index in [-0.39, 0.29) is 11.3 Å². The summed E-state index contributed by atoms with van der Waals surface area (Å²) in [5, 5.41) is 40.6. The summed E-state index contributed by atoms with van der Waals surface area (Å²) >= 11 is 0. The minimum absolute atomic E-state index is 0.0411. The molecule has 1 unspecified atom stereocenters. The first-order valence-corrected chi connectivity index (χ1v) is 11.5. The highest BCUT2D eigenvalue weighted by Crippen LogP contribution is 2.37. The third-order valence-electron chi connectivity index (χ3n) is 4.39. The van der Waals surface area contributed by atoms with Crippen molar-refractivity contribution in [3.05, 3.63) is 33.9 Å². The van der Waals surface area contributed by atoms with Gasteiger partial charge in [-0.1, -0.05) is 0 Å². The molecule has 0 fully saturated rings. The lowest BCUT2D eigenvalue weighted by molar-refractivity contribution is -0.385. The molecule has 0 aliphatic heterocycles. The number of anilines is 2. The van der Waals surface area contributed by atoms with Gasteiger partial charge in [0.05, 0.1) is 16.2 Å². The number of nitrogens with one attached hydrogen (secondary N) is 1. The molecule has 186 valence electrons. The van der Waals surface area contributed by atoms with Gasteiger partial charge in [-0.25, -0.2) is 13.2 Å². The number of nitrogens with zero attached hydrogens (tertiary/aromatic N) is 5. The van der Waals surface area contributed by atoms with Crippen LogP contribution in [0.2, 0.25) is 0 Å². The van der Waals surface area contributed by atoms with Crippen LogP contribution in [0, 0.1) is 21.4 Å². The van der Waals surface area contributed by atoms with Gasteiger partial charge >= 0.3 is 23.5 Å². The summed E-state index contributed by atoms with van der Waals surface area (Å²) in [4.78, 5) is 42.1. The van der Waals surface area contributed by atoms with E-state index in [1.54, 1.807) is 19.0 Å². The number of nitriles is 1. The van der Waals surface area contributed by atoms with Crippen molar-refractivity contribution >= 4 is 39.0 Å². The first kappa shape index (κ1) is 26.7. The highest BCUT2D eigenvalue weighted by molar-refractivity contribution is 7.90. The Labute approximate surface area is 198 Å². The Kier molecular flexibility index (Phi) is 8.10. The fourth-order valence-electron chi connectivity index (χ4n) is 2.76. The van der Waals surface area contributed by atoms with Crippen molar-refractivity contribution in [2.24, 2.45) is 0 Å². The molecule has 0 spiro atoms. The third kappa shape index (κ3) is 6.74. The van der Waals surface area contributed by atoms with Crippen LogP contribution in [-0.4, -0.2) is 71.9 Å². The van der Waals surface area contributed by atoms with Gasteiger partial charge in [-0.2, -0.15) is 15.2 Å². The average molecular weight is 508 g/mol. The summed E-state index contributed by atoms with van der Waals surface area (Å²) in [5.74, 6) is -4.51. The fraction of sp³-hybridized carbons (Fsp3) is 0.316. The molecule has 0 aliphatic carbocycles. The maximum atomic E-state index is 12.1. The number of hydrogen-bond acceptors (Lipinski definition) is 12. The van der Waals surface area contributed by atoms with E-state index in [0.717, 1.165) is 6.26 Å². The normalized spacial score (nSPS) is 11.7. The second kappa shape index (κ2) is 10.6. The van der Waals surface area contributed by atoms with Gasteiger partial charge in [0.25, 0.3) is 5.16 Å².